The molecule has 0 aliphatic rings. The molecule has 0 aliphatic carbocycles. The zero-order chi connectivity index (χ0) is 33.1. The monoisotopic (exact) mass is 614 g/mol. The highest BCUT2D eigenvalue weighted by molar-refractivity contribution is 5.74. The van der Waals surface area contributed by atoms with Crippen molar-refractivity contribution in [3.63, 3.8) is 0 Å². The second-order valence-corrected chi connectivity index (χ2v) is 12.9. The van der Waals surface area contributed by atoms with Crippen molar-refractivity contribution in [3.8, 4) is 16.9 Å². The van der Waals surface area contributed by atoms with E-state index in [1.807, 2.05) is 0 Å². The van der Waals surface area contributed by atoms with Crippen molar-refractivity contribution >= 4 is 0 Å². The molecule has 0 fully saturated rings. The fourth-order valence-electron chi connectivity index (χ4n) is 6.49. The average Bonchev–Trinajstić information content (AvgIpc) is 3.21. The van der Waals surface area contributed by atoms with E-state index in [-0.39, 0.29) is 17.3 Å². The normalized spacial score (nSPS) is 11.2. The van der Waals surface area contributed by atoms with Gasteiger partial charge in [-0.3, -0.25) is 4.79 Å². The summed E-state index contributed by atoms with van der Waals surface area (Å²) in [5.41, 5.74) is 13.7. The zero-order valence-corrected chi connectivity index (χ0v) is 28.2. The number of aryl methyl sites for hydroxylation is 5. The van der Waals surface area contributed by atoms with Crippen LogP contribution in [0, 0.1) is 34.6 Å². The molecule has 6 aromatic rings. The lowest BCUT2D eigenvalue weighted by molar-refractivity contribution is 0.411. The molecule has 0 unspecified atom stereocenters. The van der Waals surface area contributed by atoms with E-state index in [2.05, 4.69) is 162 Å². The molecule has 0 aliphatic heterocycles. The molecule has 0 heterocycles. The van der Waals surface area contributed by atoms with Crippen molar-refractivity contribution in [1.29, 1.82) is 0 Å². The summed E-state index contributed by atoms with van der Waals surface area (Å²) in [6.07, 6.45) is 0. The van der Waals surface area contributed by atoms with E-state index in [1.165, 1.54) is 22.3 Å². The van der Waals surface area contributed by atoms with Crippen LogP contribution in [0.15, 0.2) is 138 Å². The standard InChI is InChI=1S/C45H42O2/c1-29-7-17-34(18-8-29)39-28-42(46)40(43(35-19-9-30(2)10-20-35)36-21-11-31(3)12-22-36)27-41(45(39)47-6)44(37-23-13-32(4)14-24-37)38-25-15-33(5)16-26-38/h7-28,43-44H,1-6H3. The highest BCUT2D eigenvalue weighted by Crippen LogP contribution is 2.43. The predicted octanol–water partition coefficient (Wildman–Crippen LogP) is 10.6. The molecule has 0 bridgehead atoms. The van der Waals surface area contributed by atoms with Gasteiger partial charge in [0.25, 0.3) is 0 Å². The Morgan fingerprint density at radius 2 is 0.745 bits per heavy atom. The maximum absolute atomic E-state index is 14.8. The number of hydrogen-bond acceptors (Lipinski definition) is 2. The molecule has 2 nitrogen and oxygen atoms in total. The zero-order valence-electron chi connectivity index (χ0n) is 28.2. The van der Waals surface area contributed by atoms with Crippen LogP contribution in [0.5, 0.6) is 5.75 Å². The van der Waals surface area contributed by atoms with Crippen molar-refractivity contribution in [3.05, 3.63) is 205 Å². The molecule has 0 atom stereocenters. The summed E-state index contributed by atoms with van der Waals surface area (Å²) in [5, 5.41) is 0. The highest BCUT2D eigenvalue weighted by Gasteiger charge is 2.27. The minimum absolute atomic E-state index is 0.0252. The number of hydrogen-bond donors (Lipinski definition) is 0. The Morgan fingerprint density at radius 1 is 0.426 bits per heavy atom. The van der Waals surface area contributed by atoms with Crippen molar-refractivity contribution in [2.24, 2.45) is 0 Å². The molecule has 0 amide bonds. The van der Waals surface area contributed by atoms with Gasteiger partial charge in [-0.25, -0.2) is 0 Å². The minimum Gasteiger partial charge on any atom is -0.496 e. The first-order valence-corrected chi connectivity index (χ1v) is 16.3. The SMILES string of the molecule is COc1c(-c2ccc(C)cc2)cc(=O)c(C(c2ccc(C)cc2)c2ccc(C)cc2)cc1C(c1ccc(C)cc1)c1ccc(C)cc1. The fraction of sp³-hybridized carbons (Fsp3) is 0.178. The molecule has 2 heteroatoms. The fourth-order valence-corrected chi connectivity index (χ4v) is 6.49. The van der Waals surface area contributed by atoms with Gasteiger partial charge in [0.15, 0.2) is 5.43 Å². The van der Waals surface area contributed by atoms with Crippen molar-refractivity contribution in [1.82, 2.24) is 0 Å². The lowest BCUT2D eigenvalue weighted by Crippen LogP contribution is -2.14. The Labute approximate surface area is 279 Å². The molecule has 234 valence electrons. The summed E-state index contributed by atoms with van der Waals surface area (Å²) < 4.78 is 6.39. The Hall–Kier alpha value is -5.21. The summed E-state index contributed by atoms with van der Waals surface area (Å²) in [4.78, 5) is 14.8. The number of rotatable bonds is 8. The number of methoxy groups -OCH3 is 1. The van der Waals surface area contributed by atoms with Crippen molar-refractivity contribution < 1.29 is 4.74 Å². The summed E-state index contributed by atoms with van der Waals surface area (Å²) in [7, 11) is 1.72. The molecular formula is C45H42O2. The number of ether oxygens (including phenoxy) is 1. The molecule has 47 heavy (non-hydrogen) atoms. The summed E-state index contributed by atoms with van der Waals surface area (Å²) >= 11 is 0. The molecule has 0 saturated carbocycles. The third kappa shape index (κ3) is 6.83. The molecular weight excluding hydrogens is 572 g/mol. The molecule has 0 saturated heterocycles. The third-order valence-corrected chi connectivity index (χ3v) is 9.21. The Bertz CT molecular complexity index is 1950. The summed E-state index contributed by atoms with van der Waals surface area (Å²) in [5.74, 6) is 0.245. The van der Waals surface area contributed by atoms with E-state index in [0.29, 0.717) is 11.3 Å². The van der Waals surface area contributed by atoms with Crippen LogP contribution in [0.2, 0.25) is 0 Å². The van der Waals surface area contributed by atoms with Gasteiger partial charge >= 0.3 is 0 Å². The lowest BCUT2D eigenvalue weighted by Gasteiger charge is -2.23. The first-order valence-electron chi connectivity index (χ1n) is 16.3. The van der Waals surface area contributed by atoms with E-state index in [0.717, 1.165) is 44.5 Å². The molecule has 0 spiro atoms. The largest absolute Gasteiger partial charge is 0.496 e. The van der Waals surface area contributed by atoms with E-state index < -0.39 is 0 Å². The van der Waals surface area contributed by atoms with E-state index in [4.69, 9.17) is 4.74 Å². The smallest absolute Gasteiger partial charge is 0.183 e. The second kappa shape index (κ2) is 13.6. The highest BCUT2D eigenvalue weighted by atomic mass is 16.5. The lowest BCUT2D eigenvalue weighted by atomic mass is 9.81. The van der Waals surface area contributed by atoms with E-state index >= 15 is 0 Å². The van der Waals surface area contributed by atoms with Crippen LogP contribution < -0.4 is 10.2 Å². The molecule has 0 N–H and O–H groups in total. The number of benzene rings is 5. The van der Waals surface area contributed by atoms with Crippen molar-refractivity contribution in [2.45, 2.75) is 46.5 Å². The van der Waals surface area contributed by atoms with Gasteiger partial charge in [-0.15, -0.1) is 0 Å². The van der Waals surface area contributed by atoms with Crippen LogP contribution in [0.3, 0.4) is 0 Å². The van der Waals surface area contributed by atoms with Gasteiger partial charge in [-0.05, 0) is 74.6 Å². The van der Waals surface area contributed by atoms with Crippen LogP contribution in [0.1, 0.15) is 73.0 Å². The molecule has 0 aromatic heterocycles. The van der Waals surface area contributed by atoms with E-state index in [9.17, 15) is 4.79 Å². The first kappa shape index (κ1) is 31.8. The van der Waals surface area contributed by atoms with Crippen LogP contribution >= 0.6 is 0 Å². The van der Waals surface area contributed by atoms with Gasteiger partial charge in [0.1, 0.15) is 5.75 Å². The average molecular weight is 615 g/mol. The van der Waals surface area contributed by atoms with Gasteiger partial charge in [-0.1, -0.05) is 149 Å². The van der Waals surface area contributed by atoms with Gasteiger partial charge in [-0.2, -0.15) is 0 Å². The van der Waals surface area contributed by atoms with Gasteiger partial charge in [0.05, 0.1) is 7.11 Å². The summed E-state index contributed by atoms with van der Waals surface area (Å²) in [6, 6.07) is 46.9. The first-order chi connectivity index (χ1) is 22.7. The van der Waals surface area contributed by atoms with Crippen LogP contribution in [0.4, 0.5) is 0 Å². The van der Waals surface area contributed by atoms with E-state index in [1.54, 1.807) is 13.2 Å². The van der Waals surface area contributed by atoms with Crippen molar-refractivity contribution in [2.75, 3.05) is 7.11 Å². The molecule has 6 rings (SSSR count). The van der Waals surface area contributed by atoms with Crippen LogP contribution in [0.25, 0.3) is 11.1 Å². The maximum Gasteiger partial charge on any atom is 0.183 e. The second-order valence-electron chi connectivity index (χ2n) is 12.9. The van der Waals surface area contributed by atoms with Gasteiger partial charge in [0.2, 0.25) is 0 Å². The minimum atomic E-state index is -0.276. The topological polar surface area (TPSA) is 26.3 Å². The Morgan fingerprint density at radius 3 is 1.09 bits per heavy atom. The Kier molecular flexibility index (Phi) is 9.22. The van der Waals surface area contributed by atoms with Gasteiger partial charge in [0, 0.05) is 28.5 Å². The quantitative estimate of drug-likeness (QED) is 0.170. The third-order valence-electron chi connectivity index (χ3n) is 9.21. The Balaban J connectivity index is 1.74. The molecule has 6 aromatic carbocycles. The summed E-state index contributed by atoms with van der Waals surface area (Å²) in [6.45, 7) is 10.5. The van der Waals surface area contributed by atoms with Crippen LogP contribution in [-0.2, 0) is 0 Å². The predicted molar refractivity (Wildman–Crippen MR) is 196 cm³/mol. The van der Waals surface area contributed by atoms with Crippen LogP contribution in [-0.4, -0.2) is 7.11 Å². The molecule has 0 radical (unpaired) electrons. The maximum atomic E-state index is 14.8. The van der Waals surface area contributed by atoms with Gasteiger partial charge < -0.3 is 4.74 Å².